The Morgan fingerprint density at radius 1 is 1.33 bits per heavy atom. The Morgan fingerprint density at radius 3 is 2.60 bits per heavy atom. The molecule has 0 bridgehead atoms. The number of likely N-dealkylation sites (N-methyl/N-ethyl adjacent to an activating group) is 1. The van der Waals surface area contributed by atoms with Crippen molar-refractivity contribution in [2.45, 2.75) is 19.3 Å². The first-order valence-electron chi connectivity index (χ1n) is 5.83. The van der Waals surface area contributed by atoms with Gasteiger partial charge in [-0.1, -0.05) is 0 Å². The molecule has 0 saturated carbocycles. The molecule has 15 heavy (non-hydrogen) atoms. The second-order valence-electron chi connectivity index (χ2n) is 4.37. The SMILES string of the molecule is CN(C)C(=O)CNCCCN1CCCC1. The molecule has 4 nitrogen and oxygen atoms in total. The standard InChI is InChI=1S/C11H23N3O/c1-13(2)11(15)10-12-6-5-9-14-7-3-4-8-14/h12H,3-10H2,1-2H3. The fourth-order valence-corrected chi connectivity index (χ4v) is 1.79. The lowest BCUT2D eigenvalue weighted by Crippen LogP contribution is -2.34. The summed E-state index contributed by atoms with van der Waals surface area (Å²) in [5.41, 5.74) is 0. The summed E-state index contributed by atoms with van der Waals surface area (Å²) in [6, 6.07) is 0. The zero-order valence-corrected chi connectivity index (χ0v) is 9.96. The molecule has 0 spiro atoms. The van der Waals surface area contributed by atoms with Crippen molar-refractivity contribution in [3.63, 3.8) is 0 Å². The third kappa shape index (κ3) is 5.14. The summed E-state index contributed by atoms with van der Waals surface area (Å²) < 4.78 is 0. The van der Waals surface area contributed by atoms with Crippen LogP contribution in [0.15, 0.2) is 0 Å². The van der Waals surface area contributed by atoms with Gasteiger partial charge in [0, 0.05) is 14.1 Å². The van der Waals surface area contributed by atoms with Gasteiger partial charge in [0.05, 0.1) is 6.54 Å². The third-order valence-corrected chi connectivity index (χ3v) is 2.80. The van der Waals surface area contributed by atoms with Gasteiger partial charge in [0.2, 0.25) is 5.91 Å². The van der Waals surface area contributed by atoms with Crippen LogP contribution in [-0.2, 0) is 4.79 Å². The number of hydrogen-bond donors (Lipinski definition) is 1. The van der Waals surface area contributed by atoms with Crippen LogP contribution in [0.1, 0.15) is 19.3 Å². The van der Waals surface area contributed by atoms with Gasteiger partial charge in [0.25, 0.3) is 0 Å². The highest BCUT2D eigenvalue weighted by Crippen LogP contribution is 2.06. The van der Waals surface area contributed by atoms with E-state index in [1.807, 2.05) is 0 Å². The summed E-state index contributed by atoms with van der Waals surface area (Å²) in [6.07, 6.45) is 3.85. The molecule has 1 heterocycles. The molecule has 0 radical (unpaired) electrons. The van der Waals surface area contributed by atoms with Gasteiger partial charge in [0.15, 0.2) is 0 Å². The van der Waals surface area contributed by atoms with Crippen molar-refractivity contribution in [3.8, 4) is 0 Å². The monoisotopic (exact) mass is 213 g/mol. The molecule has 1 aliphatic rings. The lowest BCUT2D eigenvalue weighted by atomic mass is 10.4. The first kappa shape index (κ1) is 12.5. The molecule has 1 amide bonds. The Balaban J connectivity index is 1.90. The lowest BCUT2D eigenvalue weighted by molar-refractivity contribution is -0.127. The summed E-state index contributed by atoms with van der Waals surface area (Å²) >= 11 is 0. The number of hydrogen-bond acceptors (Lipinski definition) is 3. The van der Waals surface area contributed by atoms with Gasteiger partial charge in [-0.15, -0.1) is 0 Å². The summed E-state index contributed by atoms with van der Waals surface area (Å²) in [7, 11) is 3.57. The van der Waals surface area contributed by atoms with Crippen LogP contribution < -0.4 is 5.32 Å². The van der Waals surface area contributed by atoms with E-state index < -0.39 is 0 Å². The molecular formula is C11H23N3O. The van der Waals surface area contributed by atoms with Crippen molar-refractivity contribution in [1.29, 1.82) is 0 Å². The lowest BCUT2D eigenvalue weighted by Gasteiger charge is -2.15. The predicted molar refractivity (Wildman–Crippen MR) is 61.9 cm³/mol. The molecule has 1 fully saturated rings. The second-order valence-corrected chi connectivity index (χ2v) is 4.37. The van der Waals surface area contributed by atoms with E-state index >= 15 is 0 Å². The van der Waals surface area contributed by atoms with E-state index in [1.54, 1.807) is 19.0 Å². The van der Waals surface area contributed by atoms with E-state index in [0.29, 0.717) is 6.54 Å². The number of rotatable bonds is 6. The number of nitrogens with zero attached hydrogens (tertiary/aromatic N) is 2. The number of amides is 1. The Morgan fingerprint density at radius 2 is 2.00 bits per heavy atom. The van der Waals surface area contributed by atoms with Gasteiger partial charge in [0.1, 0.15) is 0 Å². The zero-order valence-electron chi connectivity index (χ0n) is 9.96. The molecule has 1 rings (SSSR count). The van der Waals surface area contributed by atoms with E-state index in [0.717, 1.165) is 13.0 Å². The molecule has 1 saturated heterocycles. The predicted octanol–water partition coefficient (Wildman–Crippen LogP) is 0.150. The minimum absolute atomic E-state index is 0.149. The van der Waals surface area contributed by atoms with E-state index in [-0.39, 0.29) is 5.91 Å². The maximum atomic E-state index is 11.2. The smallest absolute Gasteiger partial charge is 0.236 e. The van der Waals surface area contributed by atoms with Crippen molar-refractivity contribution in [1.82, 2.24) is 15.1 Å². The van der Waals surface area contributed by atoms with Crippen LogP contribution in [0.3, 0.4) is 0 Å². The van der Waals surface area contributed by atoms with Gasteiger partial charge >= 0.3 is 0 Å². The molecule has 1 N–H and O–H groups in total. The minimum atomic E-state index is 0.149. The van der Waals surface area contributed by atoms with Gasteiger partial charge in [-0.25, -0.2) is 0 Å². The molecule has 1 aliphatic heterocycles. The summed E-state index contributed by atoms with van der Waals surface area (Å²) in [4.78, 5) is 15.3. The van der Waals surface area contributed by atoms with Crippen LogP contribution in [0.4, 0.5) is 0 Å². The maximum Gasteiger partial charge on any atom is 0.236 e. The highest BCUT2D eigenvalue weighted by atomic mass is 16.2. The maximum absolute atomic E-state index is 11.2. The molecule has 0 aromatic carbocycles. The topological polar surface area (TPSA) is 35.6 Å². The Hall–Kier alpha value is -0.610. The van der Waals surface area contributed by atoms with Gasteiger partial charge in [-0.05, 0) is 45.4 Å². The number of carbonyl (C=O) groups is 1. The molecule has 0 aliphatic carbocycles. The van der Waals surface area contributed by atoms with Crippen LogP contribution >= 0.6 is 0 Å². The highest BCUT2D eigenvalue weighted by Gasteiger charge is 2.10. The summed E-state index contributed by atoms with van der Waals surface area (Å²) in [6.45, 7) is 5.10. The van der Waals surface area contributed by atoms with Crippen LogP contribution in [-0.4, -0.2) is 62.5 Å². The molecule has 4 heteroatoms. The van der Waals surface area contributed by atoms with Crippen molar-refractivity contribution >= 4 is 5.91 Å². The largest absolute Gasteiger partial charge is 0.348 e. The Kier molecular flexibility index (Phi) is 5.65. The summed E-state index contributed by atoms with van der Waals surface area (Å²) in [5, 5.41) is 3.17. The quantitative estimate of drug-likeness (QED) is 0.638. The van der Waals surface area contributed by atoms with Crippen molar-refractivity contribution in [3.05, 3.63) is 0 Å². The normalized spacial score (nSPS) is 16.9. The third-order valence-electron chi connectivity index (χ3n) is 2.80. The molecule has 0 atom stereocenters. The first-order chi connectivity index (χ1) is 7.20. The van der Waals surface area contributed by atoms with Crippen molar-refractivity contribution < 1.29 is 4.79 Å². The second kappa shape index (κ2) is 6.80. The average Bonchev–Trinajstić information content (AvgIpc) is 2.69. The number of nitrogens with one attached hydrogen (secondary N) is 1. The number of likely N-dealkylation sites (tertiary alicyclic amines) is 1. The van der Waals surface area contributed by atoms with Crippen LogP contribution in [0.25, 0.3) is 0 Å². The fraction of sp³-hybridized carbons (Fsp3) is 0.909. The van der Waals surface area contributed by atoms with Crippen LogP contribution in [0.5, 0.6) is 0 Å². The summed E-state index contributed by atoms with van der Waals surface area (Å²) in [5.74, 6) is 0.149. The Bertz CT molecular complexity index is 188. The van der Waals surface area contributed by atoms with Gasteiger partial charge in [-0.3, -0.25) is 4.79 Å². The van der Waals surface area contributed by atoms with Crippen molar-refractivity contribution in [2.24, 2.45) is 0 Å². The van der Waals surface area contributed by atoms with E-state index in [9.17, 15) is 4.79 Å². The van der Waals surface area contributed by atoms with E-state index in [4.69, 9.17) is 0 Å². The fourth-order valence-electron chi connectivity index (χ4n) is 1.79. The van der Waals surface area contributed by atoms with Crippen LogP contribution in [0, 0.1) is 0 Å². The average molecular weight is 213 g/mol. The molecule has 0 aromatic heterocycles. The Labute approximate surface area is 92.6 Å². The van der Waals surface area contributed by atoms with Gasteiger partial charge in [-0.2, -0.15) is 0 Å². The first-order valence-corrected chi connectivity index (χ1v) is 5.83. The number of carbonyl (C=O) groups excluding carboxylic acids is 1. The molecule has 88 valence electrons. The van der Waals surface area contributed by atoms with E-state index in [2.05, 4.69) is 10.2 Å². The minimum Gasteiger partial charge on any atom is -0.348 e. The molecular weight excluding hydrogens is 190 g/mol. The van der Waals surface area contributed by atoms with Gasteiger partial charge < -0.3 is 15.1 Å². The molecule has 0 aromatic rings. The van der Waals surface area contributed by atoms with E-state index in [1.165, 1.54) is 32.5 Å². The molecule has 0 unspecified atom stereocenters. The van der Waals surface area contributed by atoms with Crippen molar-refractivity contribution in [2.75, 3.05) is 46.8 Å². The van der Waals surface area contributed by atoms with Crippen LogP contribution in [0.2, 0.25) is 0 Å². The highest BCUT2D eigenvalue weighted by molar-refractivity contribution is 5.77. The zero-order chi connectivity index (χ0) is 11.1.